The summed E-state index contributed by atoms with van der Waals surface area (Å²) in [5.41, 5.74) is 2.64. The van der Waals surface area contributed by atoms with E-state index in [1.54, 1.807) is 12.3 Å². The molecule has 0 radical (unpaired) electrons. The van der Waals surface area contributed by atoms with E-state index >= 15 is 0 Å². The SMILES string of the molecule is CCCOc1ccc2c(c1-c1ncnc3c(C(=O)NC4CCN(C(=O)O)CC4)c[nH]c13)OCO2. The third-order valence-corrected chi connectivity index (χ3v) is 6.01. The number of benzene rings is 1. The predicted octanol–water partition coefficient (Wildman–Crippen LogP) is 3.01. The lowest BCUT2D eigenvalue weighted by molar-refractivity contribution is 0.0909. The molecular formula is C23H25N5O6. The standard InChI is InChI=1S/C23H25N5O6/c1-2-9-32-15-3-4-16-21(34-12-33-16)17(15)19-20-18(25-11-26-19)14(10-24-20)22(29)27-13-5-7-28(8-6-13)23(30)31/h3-4,10-11,13,24H,2,5-9,12H2,1H3,(H,27,29)(H,30,31). The van der Waals surface area contributed by atoms with E-state index in [2.05, 4.69) is 20.3 Å². The fourth-order valence-corrected chi connectivity index (χ4v) is 4.29. The molecule has 3 N–H and O–H groups in total. The minimum absolute atomic E-state index is 0.104. The number of aromatic amines is 1. The van der Waals surface area contributed by atoms with Crippen molar-refractivity contribution in [2.24, 2.45) is 0 Å². The smallest absolute Gasteiger partial charge is 0.407 e. The van der Waals surface area contributed by atoms with Crippen molar-refractivity contribution in [2.75, 3.05) is 26.5 Å². The van der Waals surface area contributed by atoms with Gasteiger partial charge in [-0.2, -0.15) is 0 Å². The van der Waals surface area contributed by atoms with Crippen LogP contribution in [0.3, 0.4) is 0 Å². The first-order valence-electron chi connectivity index (χ1n) is 11.2. The molecule has 0 saturated carbocycles. The molecule has 2 aromatic heterocycles. The van der Waals surface area contributed by atoms with Gasteiger partial charge in [-0.1, -0.05) is 6.92 Å². The van der Waals surface area contributed by atoms with Crippen LogP contribution in [-0.4, -0.2) is 69.5 Å². The first-order valence-corrected chi connectivity index (χ1v) is 11.2. The average molecular weight is 467 g/mol. The van der Waals surface area contributed by atoms with Gasteiger partial charge in [0.25, 0.3) is 5.91 Å². The van der Waals surface area contributed by atoms with Gasteiger partial charge in [0.1, 0.15) is 23.3 Å². The van der Waals surface area contributed by atoms with Crippen LogP contribution in [0, 0.1) is 0 Å². The Kier molecular flexibility index (Phi) is 5.83. The van der Waals surface area contributed by atoms with E-state index in [1.165, 1.54) is 11.2 Å². The third kappa shape index (κ3) is 3.93. The van der Waals surface area contributed by atoms with Crippen LogP contribution in [0.5, 0.6) is 17.2 Å². The molecular weight excluding hydrogens is 442 g/mol. The first-order chi connectivity index (χ1) is 16.6. The Morgan fingerprint density at radius 1 is 1.26 bits per heavy atom. The number of carboxylic acid groups (broad SMARTS) is 1. The van der Waals surface area contributed by atoms with Crippen LogP contribution in [0.2, 0.25) is 0 Å². The van der Waals surface area contributed by atoms with Gasteiger partial charge in [-0.3, -0.25) is 4.79 Å². The molecule has 2 aliphatic heterocycles. The van der Waals surface area contributed by atoms with Crippen molar-refractivity contribution < 1.29 is 28.9 Å². The van der Waals surface area contributed by atoms with E-state index in [0.29, 0.717) is 77.6 Å². The summed E-state index contributed by atoms with van der Waals surface area (Å²) >= 11 is 0. The van der Waals surface area contributed by atoms with Crippen molar-refractivity contribution in [1.82, 2.24) is 25.2 Å². The number of nitrogens with one attached hydrogen (secondary N) is 2. The van der Waals surface area contributed by atoms with Gasteiger partial charge in [-0.15, -0.1) is 0 Å². The van der Waals surface area contributed by atoms with Gasteiger partial charge in [0.15, 0.2) is 11.5 Å². The van der Waals surface area contributed by atoms with Crippen molar-refractivity contribution in [3.8, 4) is 28.5 Å². The number of hydrogen-bond donors (Lipinski definition) is 3. The number of H-pyrrole nitrogens is 1. The maximum Gasteiger partial charge on any atom is 0.407 e. The summed E-state index contributed by atoms with van der Waals surface area (Å²) < 4.78 is 17.2. The number of fused-ring (bicyclic) bond motifs is 2. The largest absolute Gasteiger partial charge is 0.493 e. The van der Waals surface area contributed by atoms with Crippen molar-refractivity contribution >= 4 is 23.0 Å². The van der Waals surface area contributed by atoms with Crippen molar-refractivity contribution in [3.05, 3.63) is 30.2 Å². The normalized spacial score (nSPS) is 15.5. The topological polar surface area (TPSA) is 139 Å². The molecule has 0 aliphatic carbocycles. The van der Waals surface area contributed by atoms with Crippen LogP contribution in [-0.2, 0) is 0 Å². The molecule has 1 saturated heterocycles. The maximum absolute atomic E-state index is 13.1. The Morgan fingerprint density at radius 2 is 2.09 bits per heavy atom. The number of carbonyl (C=O) groups excluding carboxylic acids is 1. The lowest BCUT2D eigenvalue weighted by atomic mass is 10.0. The van der Waals surface area contributed by atoms with Gasteiger partial charge in [0.2, 0.25) is 6.79 Å². The lowest BCUT2D eigenvalue weighted by Crippen LogP contribution is -2.46. The molecule has 0 spiro atoms. The highest BCUT2D eigenvalue weighted by atomic mass is 16.7. The molecule has 2 aliphatic rings. The molecule has 4 heterocycles. The molecule has 0 atom stereocenters. The second-order valence-electron chi connectivity index (χ2n) is 8.19. The number of carbonyl (C=O) groups is 2. The molecule has 1 aromatic carbocycles. The van der Waals surface area contributed by atoms with Crippen LogP contribution in [0.1, 0.15) is 36.5 Å². The molecule has 11 heteroatoms. The fraction of sp³-hybridized carbons (Fsp3) is 0.391. The zero-order valence-corrected chi connectivity index (χ0v) is 18.7. The fourth-order valence-electron chi connectivity index (χ4n) is 4.29. The number of nitrogens with zero attached hydrogens (tertiary/aromatic N) is 3. The molecule has 1 fully saturated rings. The van der Waals surface area contributed by atoms with E-state index in [0.717, 1.165) is 6.42 Å². The molecule has 0 unspecified atom stereocenters. The van der Waals surface area contributed by atoms with Gasteiger partial charge >= 0.3 is 6.09 Å². The number of amides is 2. The molecule has 2 amide bonds. The van der Waals surface area contributed by atoms with E-state index in [1.807, 2.05) is 13.0 Å². The van der Waals surface area contributed by atoms with Gasteiger partial charge in [-0.25, -0.2) is 14.8 Å². The highest BCUT2D eigenvalue weighted by Crippen LogP contribution is 2.47. The van der Waals surface area contributed by atoms with Crippen LogP contribution in [0.4, 0.5) is 4.79 Å². The Labute approximate surface area is 195 Å². The molecule has 3 aromatic rings. The van der Waals surface area contributed by atoms with Gasteiger partial charge < -0.3 is 34.5 Å². The zero-order valence-electron chi connectivity index (χ0n) is 18.7. The Morgan fingerprint density at radius 3 is 2.85 bits per heavy atom. The van der Waals surface area contributed by atoms with Crippen molar-refractivity contribution in [3.63, 3.8) is 0 Å². The second-order valence-corrected chi connectivity index (χ2v) is 8.19. The first kappa shape index (κ1) is 21.8. The summed E-state index contributed by atoms with van der Waals surface area (Å²) in [4.78, 5) is 37.5. The summed E-state index contributed by atoms with van der Waals surface area (Å²) in [7, 11) is 0. The Hall–Kier alpha value is -4.02. The molecule has 5 rings (SSSR count). The number of likely N-dealkylation sites (tertiary alicyclic amines) is 1. The van der Waals surface area contributed by atoms with Gasteiger partial charge in [0.05, 0.1) is 23.3 Å². The van der Waals surface area contributed by atoms with Crippen molar-refractivity contribution in [2.45, 2.75) is 32.2 Å². The van der Waals surface area contributed by atoms with Crippen LogP contribution in [0.15, 0.2) is 24.7 Å². The van der Waals surface area contributed by atoms with E-state index in [9.17, 15) is 9.59 Å². The van der Waals surface area contributed by atoms with Crippen LogP contribution < -0.4 is 19.5 Å². The molecule has 11 nitrogen and oxygen atoms in total. The second kappa shape index (κ2) is 9.08. The molecule has 0 bridgehead atoms. The summed E-state index contributed by atoms with van der Waals surface area (Å²) in [6.45, 7) is 3.44. The maximum atomic E-state index is 13.1. The third-order valence-electron chi connectivity index (χ3n) is 6.01. The summed E-state index contributed by atoms with van der Waals surface area (Å²) in [5.74, 6) is 1.48. The van der Waals surface area contributed by atoms with Crippen molar-refractivity contribution in [1.29, 1.82) is 0 Å². The van der Waals surface area contributed by atoms with E-state index in [4.69, 9.17) is 19.3 Å². The average Bonchev–Trinajstić information content (AvgIpc) is 3.50. The van der Waals surface area contributed by atoms with E-state index in [-0.39, 0.29) is 18.7 Å². The van der Waals surface area contributed by atoms with Gasteiger partial charge in [-0.05, 0) is 31.4 Å². The highest BCUT2D eigenvalue weighted by Gasteiger charge is 2.28. The number of rotatable bonds is 6. The van der Waals surface area contributed by atoms with Crippen LogP contribution in [0.25, 0.3) is 22.3 Å². The number of ether oxygens (including phenoxy) is 3. The Balaban J connectivity index is 1.46. The monoisotopic (exact) mass is 467 g/mol. The number of hydrogen-bond acceptors (Lipinski definition) is 7. The minimum atomic E-state index is -0.935. The van der Waals surface area contributed by atoms with Gasteiger partial charge in [0, 0.05) is 25.3 Å². The predicted molar refractivity (Wildman–Crippen MR) is 121 cm³/mol. The van der Waals surface area contributed by atoms with Crippen LogP contribution >= 0.6 is 0 Å². The lowest BCUT2D eigenvalue weighted by Gasteiger charge is -2.30. The highest BCUT2D eigenvalue weighted by molar-refractivity contribution is 6.08. The summed E-state index contributed by atoms with van der Waals surface area (Å²) in [6.07, 6.45) is 4.04. The Bertz CT molecular complexity index is 1230. The quantitative estimate of drug-likeness (QED) is 0.503. The molecule has 34 heavy (non-hydrogen) atoms. The molecule has 178 valence electrons. The number of piperidine rings is 1. The number of aromatic nitrogens is 3. The summed E-state index contributed by atoms with van der Waals surface area (Å²) in [6, 6.07) is 3.52. The minimum Gasteiger partial charge on any atom is -0.493 e. The zero-order chi connectivity index (χ0) is 23.7. The summed E-state index contributed by atoms with van der Waals surface area (Å²) in [5, 5.41) is 12.1. The van der Waals surface area contributed by atoms with E-state index < -0.39 is 6.09 Å².